The van der Waals surface area contributed by atoms with E-state index in [1.165, 1.54) is 29.7 Å². The first kappa shape index (κ1) is 29.3. The summed E-state index contributed by atoms with van der Waals surface area (Å²) in [4.78, 5) is 38.8. The SMILES string of the molecule is C=C1CC(S)C(=O)N1CCNC(CCCCC(=O)N[C@@H](C)C(N[C@@H](C)C(=O)CC)=C1CCC1)=C1CCC1. The average molecular weight is 531 g/mol. The number of carbonyl (C=O) groups excluding carboxylic acids is 3. The van der Waals surface area contributed by atoms with Crippen LogP contribution < -0.4 is 16.0 Å². The standard InChI is InChI=1S/C29H46N4O3S/c1-5-25(34)20(3)32-28(23-12-9-13-23)21(4)31-27(35)15-7-6-14-24(22-10-8-11-22)30-16-17-33-19(2)18-26(37)29(33)36/h20-21,26,30,32,37H,2,5-18H2,1,3-4H3,(H,31,35)/t20-,21-,26?/m0/s1. The fourth-order valence-corrected chi connectivity index (χ4v) is 5.49. The van der Waals surface area contributed by atoms with Crippen LogP contribution in [0.5, 0.6) is 0 Å². The number of hydrogen-bond donors (Lipinski definition) is 4. The molecule has 1 unspecified atom stereocenters. The fraction of sp³-hybridized carbons (Fsp3) is 0.690. The van der Waals surface area contributed by atoms with Gasteiger partial charge in [-0.25, -0.2) is 0 Å². The number of unbranched alkanes of at least 4 members (excludes halogenated alkanes) is 1. The van der Waals surface area contributed by atoms with Crippen molar-refractivity contribution in [3.8, 4) is 0 Å². The summed E-state index contributed by atoms with van der Waals surface area (Å²) >= 11 is 4.34. The van der Waals surface area contributed by atoms with E-state index in [1.807, 2.05) is 20.8 Å². The smallest absolute Gasteiger partial charge is 0.240 e. The summed E-state index contributed by atoms with van der Waals surface area (Å²) in [5, 5.41) is 9.86. The summed E-state index contributed by atoms with van der Waals surface area (Å²) < 4.78 is 0. The van der Waals surface area contributed by atoms with Crippen molar-refractivity contribution in [1.82, 2.24) is 20.9 Å². The van der Waals surface area contributed by atoms with Crippen LogP contribution in [0, 0.1) is 0 Å². The Morgan fingerprint density at radius 2 is 1.68 bits per heavy atom. The average Bonchev–Trinajstić information content (AvgIpc) is 3.03. The third-order valence-corrected chi connectivity index (χ3v) is 8.26. The molecule has 2 saturated carbocycles. The monoisotopic (exact) mass is 530 g/mol. The van der Waals surface area contributed by atoms with E-state index in [1.54, 1.807) is 4.90 Å². The summed E-state index contributed by atoms with van der Waals surface area (Å²) in [6.45, 7) is 11.1. The molecule has 0 radical (unpaired) electrons. The van der Waals surface area contributed by atoms with Crippen molar-refractivity contribution in [1.29, 1.82) is 0 Å². The zero-order valence-corrected chi connectivity index (χ0v) is 23.9. The number of thiol groups is 1. The highest BCUT2D eigenvalue weighted by molar-refractivity contribution is 7.81. The molecule has 2 amide bonds. The molecule has 3 rings (SSSR count). The molecule has 7 nitrogen and oxygen atoms in total. The third-order valence-electron chi connectivity index (χ3n) is 7.85. The van der Waals surface area contributed by atoms with Crippen LogP contribution in [0.2, 0.25) is 0 Å². The van der Waals surface area contributed by atoms with Crippen LogP contribution in [0.4, 0.5) is 0 Å². The summed E-state index contributed by atoms with van der Waals surface area (Å²) in [5.74, 6) is 0.286. The first-order chi connectivity index (χ1) is 17.7. The number of hydrogen-bond acceptors (Lipinski definition) is 6. The van der Waals surface area contributed by atoms with Crippen LogP contribution >= 0.6 is 12.6 Å². The van der Waals surface area contributed by atoms with Gasteiger partial charge in [0.05, 0.1) is 17.3 Å². The van der Waals surface area contributed by atoms with Gasteiger partial charge >= 0.3 is 0 Å². The number of carbonyl (C=O) groups is 3. The molecule has 0 aromatic heterocycles. The molecule has 3 N–H and O–H groups in total. The normalized spacial score (nSPS) is 20.6. The van der Waals surface area contributed by atoms with Gasteiger partial charge in [-0.2, -0.15) is 12.6 Å². The highest BCUT2D eigenvalue weighted by Crippen LogP contribution is 2.31. The Balaban J connectivity index is 1.41. The largest absolute Gasteiger partial charge is 0.387 e. The predicted molar refractivity (Wildman–Crippen MR) is 152 cm³/mol. The molecule has 3 fully saturated rings. The van der Waals surface area contributed by atoms with E-state index in [9.17, 15) is 14.4 Å². The number of ketones is 1. The summed E-state index contributed by atoms with van der Waals surface area (Å²) in [7, 11) is 0. The van der Waals surface area contributed by atoms with Gasteiger partial charge in [0, 0.05) is 49.4 Å². The molecule has 1 heterocycles. The third kappa shape index (κ3) is 8.13. The maximum absolute atomic E-state index is 12.7. The molecule has 0 aromatic rings. The van der Waals surface area contributed by atoms with Gasteiger partial charge in [0.2, 0.25) is 11.8 Å². The molecule has 8 heteroatoms. The van der Waals surface area contributed by atoms with E-state index >= 15 is 0 Å². The van der Waals surface area contributed by atoms with Gasteiger partial charge < -0.3 is 20.9 Å². The minimum atomic E-state index is -0.259. The first-order valence-electron chi connectivity index (χ1n) is 14.1. The summed E-state index contributed by atoms with van der Waals surface area (Å²) in [6, 6.07) is -0.358. The first-order valence-corrected chi connectivity index (χ1v) is 14.6. The highest BCUT2D eigenvalue weighted by atomic mass is 32.1. The van der Waals surface area contributed by atoms with E-state index < -0.39 is 0 Å². The van der Waals surface area contributed by atoms with E-state index in [0.717, 1.165) is 56.3 Å². The van der Waals surface area contributed by atoms with Crippen LogP contribution in [0.25, 0.3) is 0 Å². The van der Waals surface area contributed by atoms with Crippen LogP contribution in [0.15, 0.2) is 34.8 Å². The van der Waals surface area contributed by atoms with Crippen LogP contribution in [-0.2, 0) is 14.4 Å². The van der Waals surface area contributed by atoms with Crippen LogP contribution in [-0.4, -0.2) is 52.9 Å². The Labute approximate surface area is 228 Å². The predicted octanol–water partition coefficient (Wildman–Crippen LogP) is 4.52. The molecule has 206 valence electrons. The summed E-state index contributed by atoms with van der Waals surface area (Å²) in [5.41, 5.74) is 5.97. The Hall–Kier alpha value is -2.22. The maximum atomic E-state index is 12.7. The molecular weight excluding hydrogens is 484 g/mol. The lowest BCUT2D eigenvalue weighted by Gasteiger charge is -2.30. The maximum Gasteiger partial charge on any atom is 0.240 e. The van der Waals surface area contributed by atoms with Gasteiger partial charge in [0.25, 0.3) is 0 Å². The van der Waals surface area contributed by atoms with Crippen LogP contribution in [0.1, 0.15) is 97.8 Å². The highest BCUT2D eigenvalue weighted by Gasteiger charge is 2.31. The van der Waals surface area contributed by atoms with Crippen molar-refractivity contribution >= 4 is 30.2 Å². The van der Waals surface area contributed by atoms with Crippen LogP contribution in [0.3, 0.4) is 0 Å². The van der Waals surface area contributed by atoms with Gasteiger partial charge in [0.15, 0.2) is 5.78 Å². The zero-order valence-electron chi connectivity index (χ0n) is 23.0. The molecule has 1 saturated heterocycles. The van der Waals surface area contributed by atoms with Gasteiger partial charge in [-0.05, 0) is 77.2 Å². The number of likely N-dealkylation sites (tertiary alicyclic amines) is 1. The van der Waals surface area contributed by atoms with E-state index in [-0.39, 0.29) is 34.9 Å². The van der Waals surface area contributed by atoms with Gasteiger partial charge in [-0.15, -0.1) is 0 Å². The van der Waals surface area contributed by atoms with Crippen molar-refractivity contribution in [2.24, 2.45) is 0 Å². The molecule has 1 aliphatic heterocycles. The Kier molecular flexibility index (Phi) is 11.2. The molecule has 0 bridgehead atoms. The Morgan fingerprint density at radius 1 is 1.03 bits per heavy atom. The minimum Gasteiger partial charge on any atom is -0.387 e. The lowest BCUT2D eigenvalue weighted by Crippen LogP contribution is -2.44. The van der Waals surface area contributed by atoms with Gasteiger partial charge in [0.1, 0.15) is 0 Å². The molecule has 37 heavy (non-hydrogen) atoms. The van der Waals surface area contributed by atoms with Gasteiger partial charge in [-0.3, -0.25) is 14.4 Å². The van der Waals surface area contributed by atoms with E-state index in [0.29, 0.717) is 32.4 Å². The van der Waals surface area contributed by atoms with E-state index in [4.69, 9.17) is 0 Å². The van der Waals surface area contributed by atoms with Crippen molar-refractivity contribution in [3.63, 3.8) is 0 Å². The number of allylic oxidation sites excluding steroid dienone is 4. The van der Waals surface area contributed by atoms with Gasteiger partial charge in [-0.1, -0.05) is 19.1 Å². The second kappa shape index (κ2) is 14.1. The number of nitrogens with one attached hydrogen (secondary N) is 3. The van der Waals surface area contributed by atoms with Crippen molar-refractivity contribution < 1.29 is 14.4 Å². The second-order valence-corrected chi connectivity index (χ2v) is 11.3. The number of amides is 2. The molecule has 2 aliphatic carbocycles. The topological polar surface area (TPSA) is 90.5 Å². The molecule has 0 spiro atoms. The van der Waals surface area contributed by atoms with E-state index in [2.05, 4.69) is 35.2 Å². The lowest BCUT2D eigenvalue weighted by atomic mass is 9.88. The van der Waals surface area contributed by atoms with Crippen molar-refractivity contribution in [2.75, 3.05) is 13.1 Å². The molecule has 3 atom stereocenters. The zero-order chi connectivity index (χ0) is 26.9. The quantitative estimate of drug-likeness (QED) is 0.185. The molecule has 0 aromatic carbocycles. The van der Waals surface area contributed by atoms with Crippen molar-refractivity contribution in [3.05, 3.63) is 34.8 Å². The number of nitrogens with zero attached hydrogens (tertiary/aromatic N) is 1. The number of Topliss-reactive ketones (excluding diaryl/α,β-unsaturated/α-hetero) is 1. The molecular formula is C29H46N4O3S. The molecule has 3 aliphatic rings. The second-order valence-electron chi connectivity index (χ2n) is 10.7. The Morgan fingerprint density at radius 3 is 2.22 bits per heavy atom. The fourth-order valence-electron chi connectivity index (χ4n) is 5.14. The van der Waals surface area contributed by atoms with Crippen molar-refractivity contribution in [2.45, 2.75) is 115 Å². The lowest BCUT2D eigenvalue weighted by molar-refractivity contribution is -0.126. The summed E-state index contributed by atoms with van der Waals surface area (Å²) in [6.07, 6.45) is 11.1. The minimum absolute atomic E-state index is 0.0472. The Bertz CT molecular complexity index is 929. The number of rotatable bonds is 15.